The minimum Gasteiger partial charge on any atom is -0.354 e. The predicted octanol–water partition coefficient (Wildman–Crippen LogP) is 1.48. The fourth-order valence-corrected chi connectivity index (χ4v) is 2.55. The van der Waals surface area contributed by atoms with E-state index >= 15 is 0 Å². The molecule has 0 radical (unpaired) electrons. The lowest BCUT2D eigenvalue weighted by atomic mass is 10.1. The number of rotatable bonds is 3. The van der Waals surface area contributed by atoms with Gasteiger partial charge in [0.25, 0.3) is 5.91 Å². The van der Waals surface area contributed by atoms with Crippen molar-refractivity contribution in [3.05, 3.63) is 42.2 Å². The standard InChI is InChI=1S/C16H18N4O2/c21-15(20-13-6-1-2-7-19-16(13)22)12-5-3-4-11(10-12)14-17-8-9-18-14/h3-5,8-10,13H,1-2,6-7H2,(H,17,18)(H,19,22)(H,20,21)/t13-/m1/s1. The number of H-pyrrole nitrogens is 1. The van der Waals surface area contributed by atoms with Crippen molar-refractivity contribution in [3.8, 4) is 11.4 Å². The number of nitrogens with zero attached hydrogens (tertiary/aromatic N) is 1. The van der Waals surface area contributed by atoms with Crippen LogP contribution in [0.25, 0.3) is 11.4 Å². The maximum atomic E-state index is 12.4. The summed E-state index contributed by atoms with van der Waals surface area (Å²) in [5.74, 6) is 0.366. The van der Waals surface area contributed by atoms with Gasteiger partial charge >= 0.3 is 0 Å². The van der Waals surface area contributed by atoms with Gasteiger partial charge in [-0.2, -0.15) is 0 Å². The van der Waals surface area contributed by atoms with Crippen LogP contribution in [0.4, 0.5) is 0 Å². The second kappa shape index (κ2) is 6.43. The van der Waals surface area contributed by atoms with Crippen LogP contribution in [0.15, 0.2) is 36.7 Å². The molecule has 2 heterocycles. The summed E-state index contributed by atoms with van der Waals surface area (Å²) < 4.78 is 0. The van der Waals surface area contributed by atoms with Crippen molar-refractivity contribution in [3.63, 3.8) is 0 Å². The van der Waals surface area contributed by atoms with Gasteiger partial charge in [0.15, 0.2) is 0 Å². The first kappa shape index (κ1) is 14.3. The van der Waals surface area contributed by atoms with E-state index in [1.165, 1.54) is 0 Å². The second-order valence-corrected chi connectivity index (χ2v) is 5.33. The van der Waals surface area contributed by atoms with E-state index in [-0.39, 0.29) is 11.8 Å². The molecule has 2 aromatic rings. The molecule has 0 unspecified atom stereocenters. The Morgan fingerprint density at radius 2 is 2.23 bits per heavy atom. The van der Waals surface area contributed by atoms with Gasteiger partial charge in [-0.15, -0.1) is 0 Å². The number of aromatic amines is 1. The molecule has 1 aliphatic heterocycles. The molecule has 1 saturated heterocycles. The molecular formula is C16H18N4O2. The average molecular weight is 298 g/mol. The van der Waals surface area contributed by atoms with E-state index in [1.807, 2.05) is 6.07 Å². The van der Waals surface area contributed by atoms with Gasteiger partial charge in [-0.05, 0) is 31.4 Å². The number of imidazole rings is 1. The molecule has 3 N–H and O–H groups in total. The SMILES string of the molecule is O=C(N[C@@H]1CCCCNC1=O)c1cccc(-c2ncc[nH]2)c1. The van der Waals surface area contributed by atoms with E-state index in [1.54, 1.807) is 30.6 Å². The van der Waals surface area contributed by atoms with Crippen molar-refractivity contribution in [2.75, 3.05) is 6.54 Å². The summed E-state index contributed by atoms with van der Waals surface area (Å²) in [6.07, 6.45) is 5.95. The van der Waals surface area contributed by atoms with Crippen LogP contribution in [0, 0.1) is 0 Å². The largest absolute Gasteiger partial charge is 0.354 e. The molecule has 6 heteroatoms. The van der Waals surface area contributed by atoms with Crippen molar-refractivity contribution in [1.29, 1.82) is 0 Å². The number of carbonyl (C=O) groups is 2. The lowest BCUT2D eigenvalue weighted by Crippen LogP contribution is -2.45. The smallest absolute Gasteiger partial charge is 0.251 e. The molecule has 6 nitrogen and oxygen atoms in total. The zero-order valence-corrected chi connectivity index (χ0v) is 12.1. The number of hydrogen-bond acceptors (Lipinski definition) is 3. The monoisotopic (exact) mass is 298 g/mol. The molecule has 22 heavy (non-hydrogen) atoms. The molecule has 1 fully saturated rings. The minimum absolute atomic E-state index is 0.104. The van der Waals surface area contributed by atoms with E-state index in [4.69, 9.17) is 0 Å². The predicted molar refractivity (Wildman–Crippen MR) is 82.1 cm³/mol. The molecule has 0 saturated carbocycles. The fraction of sp³-hybridized carbons (Fsp3) is 0.312. The maximum absolute atomic E-state index is 12.4. The van der Waals surface area contributed by atoms with Gasteiger partial charge in [0.1, 0.15) is 11.9 Å². The lowest BCUT2D eigenvalue weighted by Gasteiger charge is -2.15. The highest BCUT2D eigenvalue weighted by Crippen LogP contribution is 2.16. The van der Waals surface area contributed by atoms with Crippen LogP contribution in [0.2, 0.25) is 0 Å². The molecule has 0 aliphatic carbocycles. The number of amides is 2. The van der Waals surface area contributed by atoms with Crippen molar-refractivity contribution in [2.45, 2.75) is 25.3 Å². The highest BCUT2D eigenvalue weighted by atomic mass is 16.2. The third kappa shape index (κ3) is 3.16. The average Bonchev–Trinajstić information content (AvgIpc) is 3.00. The molecule has 1 atom stereocenters. The normalized spacial score (nSPS) is 18.4. The maximum Gasteiger partial charge on any atom is 0.251 e. The lowest BCUT2D eigenvalue weighted by molar-refractivity contribution is -0.122. The van der Waals surface area contributed by atoms with Gasteiger partial charge in [0.2, 0.25) is 5.91 Å². The van der Waals surface area contributed by atoms with Crippen molar-refractivity contribution in [1.82, 2.24) is 20.6 Å². The summed E-state index contributed by atoms with van der Waals surface area (Å²) in [6, 6.07) is 6.73. The molecule has 1 aliphatic rings. The van der Waals surface area contributed by atoms with Gasteiger partial charge in [0, 0.05) is 30.1 Å². The summed E-state index contributed by atoms with van der Waals surface area (Å²) in [5, 5.41) is 5.63. The molecule has 1 aromatic heterocycles. The molecule has 0 spiro atoms. The topological polar surface area (TPSA) is 86.9 Å². The summed E-state index contributed by atoms with van der Waals surface area (Å²) in [7, 11) is 0. The van der Waals surface area contributed by atoms with Crippen LogP contribution in [0.3, 0.4) is 0 Å². The van der Waals surface area contributed by atoms with Gasteiger partial charge in [-0.3, -0.25) is 9.59 Å². The van der Waals surface area contributed by atoms with E-state index in [0.29, 0.717) is 24.4 Å². The van der Waals surface area contributed by atoms with Crippen molar-refractivity contribution < 1.29 is 9.59 Å². The molecule has 114 valence electrons. The number of carbonyl (C=O) groups excluding carboxylic acids is 2. The number of benzene rings is 1. The summed E-state index contributed by atoms with van der Waals surface area (Å²) >= 11 is 0. The molecule has 0 bridgehead atoms. The van der Waals surface area contributed by atoms with Crippen LogP contribution in [0.1, 0.15) is 29.6 Å². The van der Waals surface area contributed by atoms with E-state index in [0.717, 1.165) is 18.4 Å². The Labute approximate surface area is 128 Å². The Morgan fingerprint density at radius 3 is 3.05 bits per heavy atom. The van der Waals surface area contributed by atoms with E-state index < -0.39 is 6.04 Å². The summed E-state index contributed by atoms with van der Waals surface area (Å²) in [6.45, 7) is 0.680. The van der Waals surface area contributed by atoms with Crippen LogP contribution < -0.4 is 10.6 Å². The third-order valence-corrected chi connectivity index (χ3v) is 3.74. The van der Waals surface area contributed by atoms with Gasteiger partial charge in [-0.1, -0.05) is 12.1 Å². The van der Waals surface area contributed by atoms with Gasteiger partial charge < -0.3 is 15.6 Å². The van der Waals surface area contributed by atoms with Gasteiger partial charge in [-0.25, -0.2) is 4.98 Å². The fourth-order valence-electron chi connectivity index (χ4n) is 2.55. The van der Waals surface area contributed by atoms with E-state index in [9.17, 15) is 9.59 Å². The minimum atomic E-state index is -0.456. The first-order valence-corrected chi connectivity index (χ1v) is 7.42. The Hall–Kier alpha value is -2.63. The first-order valence-electron chi connectivity index (χ1n) is 7.42. The van der Waals surface area contributed by atoms with Crippen molar-refractivity contribution >= 4 is 11.8 Å². The second-order valence-electron chi connectivity index (χ2n) is 5.33. The number of hydrogen-bond donors (Lipinski definition) is 3. The molecule has 1 aromatic carbocycles. The van der Waals surface area contributed by atoms with Crippen LogP contribution in [-0.2, 0) is 4.79 Å². The molecule has 2 amide bonds. The van der Waals surface area contributed by atoms with Crippen LogP contribution in [0.5, 0.6) is 0 Å². The van der Waals surface area contributed by atoms with Crippen LogP contribution >= 0.6 is 0 Å². The first-order chi connectivity index (χ1) is 10.7. The highest BCUT2D eigenvalue weighted by Gasteiger charge is 2.22. The quantitative estimate of drug-likeness (QED) is 0.802. The van der Waals surface area contributed by atoms with Crippen molar-refractivity contribution in [2.24, 2.45) is 0 Å². The Balaban J connectivity index is 1.74. The summed E-state index contributed by atoms with van der Waals surface area (Å²) in [5.41, 5.74) is 1.36. The zero-order valence-electron chi connectivity index (χ0n) is 12.1. The molecule has 3 rings (SSSR count). The van der Waals surface area contributed by atoms with Gasteiger partial charge in [0.05, 0.1) is 0 Å². The Bertz CT molecular complexity index is 667. The summed E-state index contributed by atoms with van der Waals surface area (Å²) in [4.78, 5) is 31.4. The number of aromatic nitrogens is 2. The Kier molecular flexibility index (Phi) is 4.18. The highest BCUT2D eigenvalue weighted by molar-refractivity contribution is 5.98. The van der Waals surface area contributed by atoms with Crippen LogP contribution in [-0.4, -0.2) is 34.4 Å². The third-order valence-electron chi connectivity index (χ3n) is 3.74. The zero-order chi connectivity index (χ0) is 15.4. The Morgan fingerprint density at radius 1 is 1.32 bits per heavy atom. The molecular weight excluding hydrogens is 280 g/mol. The number of nitrogens with one attached hydrogen (secondary N) is 3. The van der Waals surface area contributed by atoms with E-state index in [2.05, 4.69) is 20.6 Å².